The number of hydrogen-bond acceptors (Lipinski definition) is 5. The zero-order chi connectivity index (χ0) is 21.0. The molecule has 5 nitrogen and oxygen atoms in total. The number of nitrogens with zero attached hydrogens (tertiary/aromatic N) is 2. The van der Waals surface area contributed by atoms with Crippen molar-refractivity contribution >= 4 is 23.4 Å². The number of aliphatic imine (C=N–C) groups is 1. The Morgan fingerprint density at radius 1 is 1.28 bits per heavy atom. The largest absolute Gasteiger partial charge is 0.465 e. The predicted molar refractivity (Wildman–Crippen MR) is 95.7 cm³/mol. The second-order valence-corrected chi connectivity index (χ2v) is 6.79. The molecule has 0 saturated heterocycles. The van der Waals surface area contributed by atoms with Crippen molar-refractivity contribution in [2.75, 3.05) is 7.11 Å². The molecule has 2 aliphatic rings. The molecule has 0 amide bonds. The molecule has 150 valence electrons. The van der Waals surface area contributed by atoms with Crippen LogP contribution in [0.3, 0.4) is 0 Å². The van der Waals surface area contributed by atoms with Gasteiger partial charge in [-0.05, 0) is 29.8 Å². The average molecular weight is 426 g/mol. The second-order valence-electron chi connectivity index (χ2n) is 6.41. The van der Waals surface area contributed by atoms with Crippen LogP contribution in [0.4, 0.5) is 17.6 Å². The number of amidine groups is 1. The van der Waals surface area contributed by atoms with E-state index in [0.717, 1.165) is 19.2 Å². The van der Waals surface area contributed by atoms with Gasteiger partial charge in [0.05, 0.1) is 7.11 Å². The van der Waals surface area contributed by atoms with Crippen molar-refractivity contribution in [3.8, 4) is 0 Å². The minimum Gasteiger partial charge on any atom is -0.465 e. The molecule has 0 fully saturated rings. The van der Waals surface area contributed by atoms with Gasteiger partial charge in [0, 0.05) is 11.8 Å². The number of ether oxygens (including phenoxy) is 1. The lowest BCUT2D eigenvalue weighted by Gasteiger charge is -2.37. The van der Waals surface area contributed by atoms with E-state index in [0.29, 0.717) is 6.07 Å². The fourth-order valence-electron chi connectivity index (χ4n) is 3.61. The molecular formula is C19H12ClF4N3O2. The zero-order valence-electron chi connectivity index (χ0n) is 14.7. The summed E-state index contributed by atoms with van der Waals surface area (Å²) in [5.41, 5.74) is -4.51. The molecular weight excluding hydrogens is 414 g/mol. The van der Waals surface area contributed by atoms with E-state index in [1.807, 2.05) is 0 Å². The van der Waals surface area contributed by atoms with Crippen LogP contribution >= 0.6 is 11.6 Å². The highest BCUT2D eigenvalue weighted by Crippen LogP contribution is 2.62. The fourth-order valence-corrected chi connectivity index (χ4v) is 3.91. The molecule has 29 heavy (non-hydrogen) atoms. The highest BCUT2D eigenvalue weighted by atomic mass is 35.5. The van der Waals surface area contributed by atoms with E-state index >= 15 is 8.78 Å². The molecule has 0 saturated carbocycles. The topological polar surface area (TPSA) is 63.6 Å². The number of methoxy groups -OCH3 is 1. The Balaban J connectivity index is 2.08. The van der Waals surface area contributed by atoms with Gasteiger partial charge < -0.3 is 10.1 Å². The third-order valence-electron chi connectivity index (χ3n) is 4.86. The van der Waals surface area contributed by atoms with Gasteiger partial charge in [0.1, 0.15) is 22.2 Å². The Labute approximate surface area is 167 Å². The molecule has 1 aliphatic carbocycles. The summed E-state index contributed by atoms with van der Waals surface area (Å²) in [6.45, 7) is 0. The monoisotopic (exact) mass is 425 g/mol. The number of esters is 1. The summed E-state index contributed by atoms with van der Waals surface area (Å²) in [6.07, 6.45) is -1.53. The van der Waals surface area contributed by atoms with Gasteiger partial charge in [-0.1, -0.05) is 23.7 Å². The van der Waals surface area contributed by atoms with Gasteiger partial charge in [-0.2, -0.15) is 8.78 Å². The highest BCUT2D eigenvalue weighted by Gasteiger charge is 2.71. The van der Waals surface area contributed by atoms with Gasteiger partial charge in [0.2, 0.25) is 0 Å². The average Bonchev–Trinajstić information content (AvgIpc) is 2.86. The SMILES string of the molecule is COC(=O)C1=C(Cl)NC(c2ccccn2)=NC12c1ccc(F)cc1C(F)C2(F)F. The number of carbonyl (C=O) groups excluding carboxylic acids is 1. The second kappa shape index (κ2) is 6.55. The van der Waals surface area contributed by atoms with Crippen LogP contribution in [0.15, 0.2) is 58.3 Å². The number of hydrogen-bond donors (Lipinski definition) is 1. The Kier molecular flexibility index (Phi) is 4.38. The van der Waals surface area contributed by atoms with Gasteiger partial charge in [-0.3, -0.25) is 4.98 Å². The molecule has 2 heterocycles. The summed E-state index contributed by atoms with van der Waals surface area (Å²) in [5.74, 6) is -6.60. The summed E-state index contributed by atoms with van der Waals surface area (Å²) in [5, 5.41) is 2.03. The third kappa shape index (κ3) is 2.57. The minimum absolute atomic E-state index is 0.135. The van der Waals surface area contributed by atoms with Crippen molar-refractivity contribution in [2.45, 2.75) is 17.6 Å². The first-order chi connectivity index (χ1) is 13.7. The molecule has 10 heteroatoms. The van der Waals surface area contributed by atoms with Gasteiger partial charge in [0.25, 0.3) is 0 Å². The smallest absolute Gasteiger partial charge is 0.339 e. The number of nitrogens with one attached hydrogen (secondary N) is 1. The van der Waals surface area contributed by atoms with Crippen LogP contribution < -0.4 is 5.32 Å². The lowest BCUT2D eigenvalue weighted by molar-refractivity contribution is -0.143. The summed E-state index contributed by atoms with van der Waals surface area (Å²) in [4.78, 5) is 20.5. The van der Waals surface area contributed by atoms with Crippen LogP contribution in [0.5, 0.6) is 0 Å². The Morgan fingerprint density at radius 2 is 2.03 bits per heavy atom. The molecule has 1 aromatic heterocycles. The molecule has 2 atom stereocenters. The number of halogens is 5. The third-order valence-corrected chi connectivity index (χ3v) is 5.15. The van der Waals surface area contributed by atoms with Crippen molar-refractivity contribution in [2.24, 2.45) is 4.99 Å². The van der Waals surface area contributed by atoms with E-state index < -0.39 is 45.7 Å². The number of fused-ring (bicyclic) bond motifs is 2. The first-order valence-electron chi connectivity index (χ1n) is 8.32. The highest BCUT2D eigenvalue weighted by molar-refractivity contribution is 6.33. The van der Waals surface area contributed by atoms with Gasteiger partial charge >= 0.3 is 11.9 Å². The lowest BCUT2D eigenvalue weighted by atomic mass is 9.81. The molecule has 1 aliphatic heterocycles. The van der Waals surface area contributed by atoms with Crippen LogP contribution in [0.2, 0.25) is 0 Å². The maximum atomic E-state index is 15.5. The summed E-state index contributed by atoms with van der Waals surface area (Å²) in [6, 6.07) is 7.16. The van der Waals surface area contributed by atoms with E-state index in [9.17, 15) is 13.6 Å². The first kappa shape index (κ1) is 19.4. The predicted octanol–water partition coefficient (Wildman–Crippen LogP) is 3.75. The summed E-state index contributed by atoms with van der Waals surface area (Å²) < 4.78 is 64.1. The molecule has 1 spiro atoms. The Hall–Kier alpha value is -2.94. The van der Waals surface area contributed by atoms with E-state index in [1.165, 1.54) is 12.3 Å². The normalized spacial score (nSPS) is 24.8. The van der Waals surface area contributed by atoms with E-state index in [-0.39, 0.29) is 17.1 Å². The van der Waals surface area contributed by atoms with Crippen LogP contribution in [0.1, 0.15) is 23.0 Å². The quantitative estimate of drug-likeness (QED) is 0.452. The van der Waals surface area contributed by atoms with Gasteiger partial charge in [-0.25, -0.2) is 18.6 Å². The van der Waals surface area contributed by atoms with Crippen molar-refractivity contribution in [1.29, 1.82) is 0 Å². The number of rotatable bonds is 2. The van der Waals surface area contributed by atoms with Gasteiger partial charge in [0.15, 0.2) is 17.5 Å². The molecule has 1 aromatic carbocycles. The van der Waals surface area contributed by atoms with Gasteiger partial charge in [-0.15, -0.1) is 0 Å². The van der Waals surface area contributed by atoms with Crippen LogP contribution in [0, 0.1) is 5.82 Å². The number of alkyl halides is 3. The number of aromatic nitrogens is 1. The fraction of sp³-hybridized carbons (Fsp3) is 0.211. The maximum absolute atomic E-state index is 15.5. The van der Waals surface area contributed by atoms with E-state index in [4.69, 9.17) is 11.6 Å². The molecule has 0 radical (unpaired) electrons. The Bertz CT molecular complexity index is 1070. The lowest BCUT2D eigenvalue weighted by Crippen LogP contribution is -2.51. The summed E-state index contributed by atoms with van der Waals surface area (Å²) >= 11 is 6.17. The molecule has 0 bridgehead atoms. The number of pyridine rings is 1. The van der Waals surface area contributed by atoms with Crippen LogP contribution in [-0.2, 0) is 15.1 Å². The number of carbonyl (C=O) groups is 1. The minimum atomic E-state index is -4.27. The summed E-state index contributed by atoms with van der Waals surface area (Å²) in [7, 11) is 0.969. The van der Waals surface area contributed by atoms with E-state index in [1.54, 1.807) is 12.1 Å². The van der Waals surface area contributed by atoms with Crippen LogP contribution in [0.25, 0.3) is 0 Å². The molecule has 1 N–H and O–H groups in total. The van der Waals surface area contributed by atoms with Crippen LogP contribution in [-0.4, -0.2) is 29.8 Å². The molecule has 2 aromatic rings. The molecule has 2 unspecified atom stereocenters. The maximum Gasteiger partial charge on any atom is 0.339 e. The van der Waals surface area contributed by atoms with Crippen molar-refractivity contribution in [3.05, 3.63) is 76.0 Å². The molecule has 4 rings (SSSR count). The van der Waals surface area contributed by atoms with E-state index in [2.05, 4.69) is 20.0 Å². The standard InChI is InChI=1S/C19H12ClF4N3O2/c1-29-17(28)13-15(20)26-16(12-4-2-3-7-25-12)27-18(13)11-6-5-9(21)8-10(11)14(22)19(18,23)24/h2-8,14H,1H3,(H,26,27). The Morgan fingerprint density at radius 3 is 2.69 bits per heavy atom. The van der Waals surface area contributed by atoms with Crippen molar-refractivity contribution in [1.82, 2.24) is 10.3 Å². The zero-order valence-corrected chi connectivity index (χ0v) is 15.5. The first-order valence-corrected chi connectivity index (χ1v) is 8.70. The number of benzene rings is 1. The van der Waals surface area contributed by atoms with Crippen molar-refractivity contribution in [3.63, 3.8) is 0 Å². The van der Waals surface area contributed by atoms with Crippen molar-refractivity contribution < 1.29 is 27.1 Å².